The van der Waals surface area contributed by atoms with E-state index in [1.54, 1.807) is 13.0 Å². The van der Waals surface area contributed by atoms with Crippen molar-refractivity contribution in [1.29, 1.82) is 0 Å². The molecule has 0 aliphatic rings. The molecule has 0 saturated carbocycles. The normalized spacial score (nSPS) is 12.3. The maximum Gasteiger partial charge on any atom is 0.326 e. The van der Waals surface area contributed by atoms with Gasteiger partial charge >= 0.3 is 5.97 Å². The minimum absolute atomic E-state index is 0.0615. The molecule has 0 saturated heterocycles. The number of hydrogen-bond donors (Lipinski definition) is 0. The molecular formula is C19H17FN2O5S2. The van der Waals surface area contributed by atoms with E-state index in [9.17, 15) is 22.4 Å². The number of amides is 1. The molecule has 0 aliphatic carbocycles. The summed E-state index contributed by atoms with van der Waals surface area (Å²) in [6, 6.07) is 10.1. The van der Waals surface area contributed by atoms with Crippen molar-refractivity contribution in [2.45, 2.75) is 18.4 Å². The molecule has 0 atom stereocenters. The Hall–Kier alpha value is -2.85. The molecule has 0 unspecified atom stereocenters. The number of thiazole rings is 1. The topological polar surface area (TPSA) is 94.8 Å². The third-order valence-corrected chi connectivity index (χ3v) is 6.16. The predicted octanol–water partition coefficient (Wildman–Crippen LogP) is 2.55. The number of nitrogens with zero attached hydrogens (tertiary/aromatic N) is 2. The highest BCUT2D eigenvalue weighted by atomic mass is 32.2. The number of halogens is 1. The molecular weight excluding hydrogens is 419 g/mol. The van der Waals surface area contributed by atoms with Crippen LogP contribution in [0.25, 0.3) is 10.2 Å². The van der Waals surface area contributed by atoms with Crippen molar-refractivity contribution in [1.82, 2.24) is 4.57 Å². The molecule has 3 aromatic rings. The van der Waals surface area contributed by atoms with E-state index in [-0.39, 0.29) is 33.9 Å². The Kier molecular flexibility index (Phi) is 5.94. The van der Waals surface area contributed by atoms with E-state index in [4.69, 9.17) is 4.74 Å². The molecule has 29 heavy (non-hydrogen) atoms. The summed E-state index contributed by atoms with van der Waals surface area (Å²) < 4.78 is 45.0. The lowest BCUT2D eigenvalue weighted by molar-refractivity contribution is -0.143. The number of carbonyl (C=O) groups is 2. The molecule has 7 nitrogen and oxygen atoms in total. The van der Waals surface area contributed by atoms with E-state index in [1.807, 2.05) is 0 Å². The smallest absolute Gasteiger partial charge is 0.326 e. The van der Waals surface area contributed by atoms with Crippen molar-refractivity contribution < 1.29 is 27.1 Å². The van der Waals surface area contributed by atoms with Crippen LogP contribution in [0, 0.1) is 5.82 Å². The fourth-order valence-electron chi connectivity index (χ4n) is 2.77. The first kappa shape index (κ1) is 20.9. The van der Waals surface area contributed by atoms with E-state index in [1.165, 1.54) is 41.0 Å². The number of rotatable bonds is 5. The van der Waals surface area contributed by atoms with Gasteiger partial charge in [-0.15, -0.1) is 0 Å². The van der Waals surface area contributed by atoms with Gasteiger partial charge in [-0.3, -0.25) is 9.59 Å². The second-order valence-electron chi connectivity index (χ2n) is 6.05. The van der Waals surface area contributed by atoms with Crippen LogP contribution in [0.15, 0.2) is 52.4 Å². The van der Waals surface area contributed by atoms with Crippen LogP contribution < -0.4 is 4.80 Å². The lowest BCUT2D eigenvalue weighted by Crippen LogP contribution is -2.23. The van der Waals surface area contributed by atoms with Gasteiger partial charge in [0.1, 0.15) is 12.4 Å². The predicted molar refractivity (Wildman–Crippen MR) is 106 cm³/mol. The van der Waals surface area contributed by atoms with Crippen LogP contribution in [0.4, 0.5) is 4.39 Å². The molecule has 0 fully saturated rings. The van der Waals surface area contributed by atoms with Gasteiger partial charge in [-0.1, -0.05) is 29.5 Å². The van der Waals surface area contributed by atoms with Crippen molar-refractivity contribution in [2.75, 3.05) is 12.9 Å². The van der Waals surface area contributed by atoms with Crippen molar-refractivity contribution in [3.05, 3.63) is 58.6 Å². The first-order chi connectivity index (χ1) is 13.7. The number of carbonyl (C=O) groups excluding carboxylic acids is 2. The van der Waals surface area contributed by atoms with Gasteiger partial charge in [-0.25, -0.2) is 12.8 Å². The van der Waals surface area contributed by atoms with Crippen molar-refractivity contribution in [3.8, 4) is 0 Å². The molecule has 1 aromatic heterocycles. The van der Waals surface area contributed by atoms with Gasteiger partial charge in [-0.05, 0) is 31.2 Å². The lowest BCUT2D eigenvalue weighted by atomic mass is 10.2. The van der Waals surface area contributed by atoms with E-state index in [0.717, 1.165) is 17.6 Å². The van der Waals surface area contributed by atoms with Gasteiger partial charge < -0.3 is 9.30 Å². The zero-order valence-corrected chi connectivity index (χ0v) is 17.2. The summed E-state index contributed by atoms with van der Waals surface area (Å²) in [5.41, 5.74) is 0.0177. The Morgan fingerprint density at radius 2 is 1.90 bits per heavy atom. The van der Waals surface area contributed by atoms with Crippen molar-refractivity contribution in [3.63, 3.8) is 0 Å². The Morgan fingerprint density at radius 3 is 2.59 bits per heavy atom. The first-order valence-corrected chi connectivity index (χ1v) is 11.2. The van der Waals surface area contributed by atoms with Gasteiger partial charge in [0.2, 0.25) is 0 Å². The zero-order valence-electron chi connectivity index (χ0n) is 15.6. The highest BCUT2D eigenvalue weighted by molar-refractivity contribution is 7.90. The van der Waals surface area contributed by atoms with Gasteiger partial charge in [-0.2, -0.15) is 4.99 Å². The second-order valence-corrected chi connectivity index (χ2v) is 9.04. The van der Waals surface area contributed by atoms with Gasteiger partial charge in [0.15, 0.2) is 14.6 Å². The highest BCUT2D eigenvalue weighted by Gasteiger charge is 2.19. The highest BCUT2D eigenvalue weighted by Crippen LogP contribution is 2.21. The van der Waals surface area contributed by atoms with E-state index < -0.39 is 27.5 Å². The van der Waals surface area contributed by atoms with Crippen LogP contribution in [0.2, 0.25) is 0 Å². The number of hydrogen-bond acceptors (Lipinski definition) is 6. The van der Waals surface area contributed by atoms with Crippen LogP contribution in [0.3, 0.4) is 0 Å². The largest absolute Gasteiger partial charge is 0.465 e. The fraction of sp³-hybridized carbons (Fsp3) is 0.211. The standard InChI is InChI=1S/C19H17FN2O5S2/c1-3-27-16(23)11-22-17-13(20)8-6-9-14(17)28-19(22)21-18(24)12-7-4-5-10-15(12)29(2,25)26/h4-10H,3,11H2,1-2H3. The monoisotopic (exact) mass is 436 g/mol. The van der Waals surface area contributed by atoms with Crippen LogP contribution in [-0.4, -0.2) is 37.7 Å². The van der Waals surface area contributed by atoms with E-state index in [2.05, 4.69) is 4.99 Å². The second kappa shape index (κ2) is 8.26. The quantitative estimate of drug-likeness (QED) is 0.573. The SMILES string of the molecule is CCOC(=O)Cn1c(=NC(=O)c2ccccc2S(C)(=O)=O)sc2cccc(F)c21. The molecule has 0 aliphatic heterocycles. The van der Waals surface area contributed by atoms with Gasteiger partial charge in [0, 0.05) is 6.26 Å². The molecule has 0 spiro atoms. The number of para-hydroxylation sites is 1. The van der Waals surface area contributed by atoms with Crippen LogP contribution in [0.5, 0.6) is 0 Å². The third kappa shape index (κ3) is 4.43. The van der Waals surface area contributed by atoms with E-state index in [0.29, 0.717) is 4.70 Å². The van der Waals surface area contributed by atoms with Crippen LogP contribution in [0.1, 0.15) is 17.3 Å². The lowest BCUT2D eigenvalue weighted by Gasteiger charge is -2.06. The maximum absolute atomic E-state index is 14.4. The summed E-state index contributed by atoms with van der Waals surface area (Å²) in [5, 5.41) is 0. The Balaban J connectivity index is 2.20. The zero-order chi connectivity index (χ0) is 21.2. The van der Waals surface area contributed by atoms with Crippen LogP contribution >= 0.6 is 11.3 Å². The molecule has 1 heterocycles. The molecule has 3 rings (SSSR count). The number of esters is 1. The maximum atomic E-state index is 14.4. The summed E-state index contributed by atoms with van der Waals surface area (Å²) in [4.78, 5) is 28.7. The van der Waals surface area contributed by atoms with Crippen molar-refractivity contribution in [2.24, 2.45) is 4.99 Å². The number of ether oxygens (including phenoxy) is 1. The number of fused-ring (bicyclic) bond motifs is 1. The summed E-state index contributed by atoms with van der Waals surface area (Å²) in [6.45, 7) is 1.46. The molecule has 2 aromatic carbocycles. The average Bonchev–Trinajstić information content (AvgIpc) is 2.99. The number of aromatic nitrogens is 1. The fourth-order valence-corrected chi connectivity index (χ4v) is 4.69. The molecule has 0 N–H and O–H groups in total. The van der Waals surface area contributed by atoms with Crippen LogP contribution in [-0.2, 0) is 25.9 Å². The minimum Gasteiger partial charge on any atom is -0.465 e. The van der Waals surface area contributed by atoms with E-state index >= 15 is 0 Å². The van der Waals surface area contributed by atoms with Gasteiger partial charge in [0.25, 0.3) is 5.91 Å². The van der Waals surface area contributed by atoms with Gasteiger partial charge in [0.05, 0.1) is 27.3 Å². The molecule has 152 valence electrons. The molecule has 10 heteroatoms. The summed E-state index contributed by atoms with van der Waals surface area (Å²) in [5.74, 6) is -2.00. The van der Waals surface area contributed by atoms with Crippen molar-refractivity contribution >= 4 is 43.3 Å². The Bertz CT molecular complexity index is 1280. The minimum atomic E-state index is -3.66. The summed E-state index contributed by atoms with van der Waals surface area (Å²) in [7, 11) is -3.66. The Morgan fingerprint density at radius 1 is 1.17 bits per heavy atom. The number of benzene rings is 2. The average molecular weight is 436 g/mol. The number of sulfone groups is 1. The molecule has 0 bridgehead atoms. The third-order valence-electron chi connectivity index (χ3n) is 3.96. The summed E-state index contributed by atoms with van der Waals surface area (Å²) >= 11 is 1.01. The molecule has 1 amide bonds. The Labute approximate surface area is 170 Å². The first-order valence-electron chi connectivity index (χ1n) is 8.54. The summed E-state index contributed by atoms with van der Waals surface area (Å²) in [6.07, 6.45) is 0.995. The molecule has 0 radical (unpaired) electrons.